The van der Waals surface area contributed by atoms with Gasteiger partial charge < -0.3 is 15.2 Å². The summed E-state index contributed by atoms with van der Waals surface area (Å²) in [7, 11) is 0. The molecule has 0 bridgehead atoms. The Morgan fingerprint density at radius 2 is 1.83 bits per heavy atom. The Labute approximate surface area is 140 Å². The van der Waals surface area contributed by atoms with Gasteiger partial charge in [-0.3, -0.25) is 9.59 Å². The third kappa shape index (κ3) is 3.40. The standard InChI is InChI=1S/C19H19NO4/c1-12-5-4-6-13(11-12)24-17-8-3-2-7-16(17)20-18(21)14-9-10-15(14)19(22)23/h2-8,11,14-15H,9-10H2,1H3,(H,20,21)(H,22,23). The van der Waals surface area contributed by atoms with Crippen LogP contribution in [0.1, 0.15) is 18.4 Å². The number of carbonyl (C=O) groups is 2. The molecule has 1 aliphatic rings. The Bertz CT molecular complexity index is 771. The highest BCUT2D eigenvalue weighted by Gasteiger charge is 2.41. The van der Waals surface area contributed by atoms with Gasteiger partial charge in [0.1, 0.15) is 5.75 Å². The Kier molecular flexibility index (Phi) is 4.51. The molecule has 2 unspecified atom stereocenters. The van der Waals surface area contributed by atoms with Crippen LogP contribution in [0.25, 0.3) is 0 Å². The number of benzene rings is 2. The molecule has 2 aromatic carbocycles. The largest absolute Gasteiger partial charge is 0.481 e. The van der Waals surface area contributed by atoms with Crippen molar-refractivity contribution in [1.82, 2.24) is 0 Å². The minimum atomic E-state index is -0.911. The van der Waals surface area contributed by atoms with Crippen molar-refractivity contribution in [2.45, 2.75) is 19.8 Å². The van der Waals surface area contributed by atoms with E-state index in [1.54, 1.807) is 18.2 Å². The van der Waals surface area contributed by atoms with Gasteiger partial charge in [0, 0.05) is 0 Å². The lowest BCUT2D eigenvalue weighted by molar-refractivity contribution is -0.151. The van der Waals surface area contributed by atoms with Gasteiger partial charge in [0.2, 0.25) is 5.91 Å². The van der Waals surface area contributed by atoms with Crippen LogP contribution in [-0.4, -0.2) is 17.0 Å². The lowest BCUT2D eigenvalue weighted by Gasteiger charge is -2.32. The monoisotopic (exact) mass is 325 g/mol. The molecule has 5 nitrogen and oxygen atoms in total. The van der Waals surface area contributed by atoms with E-state index >= 15 is 0 Å². The molecule has 24 heavy (non-hydrogen) atoms. The Morgan fingerprint density at radius 1 is 1.08 bits per heavy atom. The van der Waals surface area contributed by atoms with Crippen LogP contribution in [0, 0.1) is 18.8 Å². The molecule has 124 valence electrons. The number of anilines is 1. The third-order valence-electron chi connectivity index (χ3n) is 4.29. The zero-order valence-corrected chi connectivity index (χ0v) is 13.4. The summed E-state index contributed by atoms with van der Waals surface area (Å²) in [6, 6.07) is 14.8. The second kappa shape index (κ2) is 6.74. The SMILES string of the molecule is Cc1cccc(Oc2ccccc2NC(=O)C2CCC2C(=O)O)c1. The molecule has 5 heteroatoms. The van der Waals surface area contributed by atoms with Gasteiger partial charge in [0.25, 0.3) is 0 Å². The van der Waals surface area contributed by atoms with Crippen LogP contribution in [0.2, 0.25) is 0 Å². The predicted octanol–water partition coefficient (Wildman–Crippen LogP) is 3.84. The summed E-state index contributed by atoms with van der Waals surface area (Å²) in [6.45, 7) is 1.98. The first-order valence-electron chi connectivity index (χ1n) is 7.92. The number of carboxylic acids is 1. The number of carbonyl (C=O) groups excluding carboxylic acids is 1. The lowest BCUT2D eigenvalue weighted by Crippen LogP contribution is -2.41. The molecule has 0 aliphatic heterocycles. The highest BCUT2D eigenvalue weighted by atomic mass is 16.5. The summed E-state index contributed by atoms with van der Waals surface area (Å²) in [5.41, 5.74) is 1.62. The summed E-state index contributed by atoms with van der Waals surface area (Å²) in [5, 5.41) is 11.9. The van der Waals surface area contributed by atoms with Gasteiger partial charge in [0.05, 0.1) is 17.5 Å². The summed E-state index contributed by atoms with van der Waals surface area (Å²) >= 11 is 0. The molecule has 1 aliphatic carbocycles. The highest BCUT2D eigenvalue weighted by Crippen LogP contribution is 2.36. The summed E-state index contributed by atoms with van der Waals surface area (Å²) < 4.78 is 5.87. The summed E-state index contributed by atoms with van der Waals surface area (Å²) in [6.07, 6.45) is 1.15. The molecule has 1 amide bonds. The van der Waals surface area contributed by atoms with E-state index in [-0.39, 0.29) is 5.91 Å². The number of hydrogen-bond donors (Lipinski definition) is 2. The van der Waals surface area contributed by atoms with Gasteiger partial charge in [0.15, 0.2) is 5.75 Å². The van der Waals surface area contributed by atoms with E-state index in [1.807, 2.05) is 37.3 Å². The number of hydrogen-bond acceptors (Lipinski definition) is 3. The van der Waals surface area contributed by atoms with Crippen LogP contribution in [0.15, 0.2) is 48.5 Å². The Morgan fingerprint density at radius 3 is 2.50 bits per heavy atom. The normalized spacial score (nSPS) is 19.2. The predicted molar refractivity (Wildman–Crippen MR) is 90.2 cm³/mol. The molecule has 0 aromatic heterocycles. The van der Waals surface area contributed by atoms with Gasteiger partial charge in [-0.2, -0.15) is 0 Å². The highest BCUT2D eigenvalue weighted by molar-refractivity contribution is 5.97. The number of aryl methyl sites for hydroxylation is 1. The van der Waals surface area contributed by atoms with Crippen LogP contribution < -0.4 is 10.1 Å². The number of amides is 1. The smallest absolute Gasteiger partial charge is 0.307 e. The fourth-order valence-corrected chi connectivity index (χ4v) is 2.80. The second-order valence-corrected chi connectivity index (χ2v) is 6.03. The molecule has 0 spiro atoms. The van der Waals surface area contributed by atoms with Gasteiger partial charge >= 0.3 is 5.97 Å². The molecule has 0 saturated heterocycles. The van der Waals surface area contributed by atoms with E-state index in [0.29, 0.717) is 30.0 Å². The quantitative estimate of drug-likeness (QED) is 0.876. The first-order chi connectivity index (χ1) is 11.5. The number of nitrogens with one attached hydrogen (secondary N) is 1. The van der Waals surface area contributed by atoms with Gasteiger partial charge in [-0.1, -0.05) is 24.3 Å². The maximum Gasteiger partial charge on any atom is 0.307 e. The third-order valence-corrected chi connectivity index (χ3v) is 4.29. The fourth-order valence-electron chi connectivity index (χ4n) is 2.80. The molecular formula is C19H19NO4. The number of ether oxygens (including phenoxy) is 1. The van der Waals surface area contributed by atoms with Crippen molar-refractivity contribution in [3.63, 3.8) is 0 Å². The van der Waals surface area contributed by atoms with E-state index in [0.717, 1.165) is 5.56 Å². The second-order valence-electron chi connectivity index (χ2n) is 6.03. The number of para-hydroxylation sites is 2. The van der Waals surface area contributed by atoms with Gasteiger partial charge in [-0.25, -0.2) is 0 Å². The van der Waals surface area contributed by atoms with Gasteiger partial charge in [-0.15, -0.1) is 0 Å². The van der Waals surface area contributed by atoms with Crippen LogP contribution in [0.5, 0.6) is 11.5 Å². The molecule has 0 radical (unpaired) electrons. The zero-order valence-electron chi connectivity index (χ0n) is 13.4. The number of rotatable bonds is 5. The first kappa shape index (κ1) is 16.1. The van der Waals surface area contributed by atoms with Crippen molar-refractivity contribution in [1.29, 1.82) is 0 Å². The fraction of sp³-hybridized carbons (Fsp3) is 0.263. The van der Waals surface area contributed by atoms with E-state index in [2.05, 4.69) is 5.32 Å². The van der Waals surface area contributed by atoms with E-state index in [4.69, 9.17) is 9.84 Å². The minimum Gasteiger partial charge on any atom is -0.481 e. The van der Waals surface area contributed by atoms with Crippen molar-refractivity contribution in [3.8, 4) is 11.5 Å². The molecule has 2 atom stereocenters. The molecule has 2 N–H and O–H groups in total. The van der Waals surface area contributed by atoms with Crippen molar-refractivity contribution in [2.24, 2.45) is 11.8 Å². The van der Waals surface area contributed by atoms with Crippen molar-refractivity contribution in [3.05, 3.63) is 54.1 Å². The first-order valence-corrected chi connectivity index (χ1v) is 7.92. The average Bonchev–Trinajstić information content (AvgIpc) is 2.47. The molecule has 2 aromatic rings. The Balaban J connectivity index is 1.75. The summed E-state index contributed by atoms with van der Waals surface area (Å²) in [4.78, 5) is 23.4. The number of aliphatic carboxylic acids is 1. The van der Waals surface area contributed by atoms with Crippen LogP contribution in [0.3, 0.4) is 0 Å². The molecule has 0 heterocycles. The van der Waals surface area contributed by atoms with E-state index < -0.39 is 17.8 Å². The van der Waals surface area contributed by atoms with E-state index in [1.165, 1.54) is 0 Å². The van der Waals surface area contributed by atoms with Crippen molar-refractivity contribution < 1.29 is 19.4 Å². The molecule has 3 rings (SSSR count). The minimum absolute atomic E-state index is 0.269. The van der Waals surface area contributed by atoms with Crippen LogP contribution in [0.4, 0.5) is 5.69 Å². The van der Waals surface area contributed by atoms with Crippen molar-refractivity contribution >= 4 is 17.6 Å². The maximum absolute atomic E-state index is 12.3. The number of carboxylic acid groups (broad SMARTS) is 1. The Hall–Kier alpha value is -2.82. The molecule has 1 saturated carbocycles. The zero-order chi connectivity index (χ0) is 17.1. The van der Waals surface area contributed by atoms with Crippen molar-refractivity contribution in [2.75, 3.05) is 5.32 Å². The molecular weight excluding hydrogens is 306 g/mol. The summed E-state index contributed by atoms with van der Waals surface area (Å²) in [5.74, 6) is -1.03. The van der Waals surface area contributed by atoms with Gasteiger partial charge in [-0.05, 0) is 49.6 Å². The van der Waals surface area contributed by atoms with E-state index in [9.17, 15) is 9.59 Å². The lowest BCUT2D eigenvalue weighted by atomic mass is 9.73. The van der Waals surface area contributed by atoms with Crippen LogP contribution >= 0.6 is 0 Å². The topological polar surface area (TPSA) is 75.6 Å². The van der Waals surface area contributed by atoms with Crippen LogP contribution in [-0.2, 0) is 9.59 Å². The maximum atomic E-state index is 12.3. The molecule has 1 fully saturated rings. The average molecular weight is 325 g/mol.